The quantitative estimate of drug-likeness (QED) is 0.796. The number of aliphatic carboxylic acids is 1. The molecule has 18 heavy (non-hydrogen) atoms. The molecule has 2 heterocycles. The van der Waals surface area contributed by atoms with Gasteiger partial charge in [0, 0.05) is 24.9 Å². The summed E-state index contributed by atoms with van der Waals surface area (Å²) < 4.78 is 19.2. The molecule has 1 N–H and O–H groups in total. The molecule has 0 saturated carbocycles. The molecule has 0 atom stereocenters. The van der Waals surface area contributed by atoms with Gasteiger partial charge in [-0.05, 0) is 6.07 Å². The van der Waals surface area contributed by atoms with Gasteiger partial charge in [0.25, 0.3) is 0 Å². The van der Waals surface area contributed by atoms with Crippen molar-refractivity contribution in [3.05, 3.63) is 24.3 Å². The minimum atomic E-state index is -1.13. The number of hydrogen-bond acceptors (Lipinski definition) is 5. The number of pyridine rings is 1. The Morgan fingerprint density at radius 1 is 1.61 bits per heavy atom. The Morgan fingerprint density at radius 2 is 2.39 bits per heavy atom. The number of halogens is 1. The van der Waals surface area contributed by atoms with E-state index in [0.717, 1.165) is 0 Å². The summed E-state index contributed by atoms with van der Waals surface area (Å²) in [6.07, 6.45) is 1.30. The number of hydrogen-bond donors (Lipinski definition) is 1. The average molecular weight is 252 g/mol. The first-order valence-corrected chi connectivity index (χ1v) is 4.94. The highest BCUT2D eigenvalue weighted by Crippen LogP contribution is 2.18. The first-order valence-electron chi connectivity index (χ1n) is 4.94. The average Bonchev–Trinajstić information content (AvgIpc) is 2.68. The van der Waals surface area contributed by atoms with E-state index in [9.17, 15) is 9.18 Å². The van der Waals surface area contributed by atoms with Crippen LogP contribution in [0, 0.1) is 5.95 Å². The largest absolute Gasteiger partial charge is 0.479 e. The van der Waals surface area contributed by atoms with Crippen molar-refractivity contribution in [1.82, 2.24) is 19.7 Å². The van der Waals surface area contributed by atoms with Gasteiger partial charge in [0.15, 0.2) is 12.4 Å². The Morgan fingerprint density at radius 3 is 3.06 bits per heavy atom. The number of nitrogens with zero attached hydrogens (tertiary/aromatic N) is 4. The van der Waals surface area contributed by atoms with Crippen LogP contribution < -0.4 is 4.74 Å². The number of ether oxygens (including phenoxy) is 1. The van der Waals surface area contributed by atoms with Crippen LogP contribution in [-0.4, -0.2) is 37.4 Å². The van der Waals surface area contributed by atoms with Crippen LogP contribution in [0.1, 0.15) is 0 Å². The van der Waals surface area contributed by atoms with E-state index >= 15 is 0 Å². The molecule has 0 saturated heterocycles. The Labute approximate surface area is 101 Å². The topological polar surface area (TPSA) is 90.1 Å². The lowest BCUT2D eigenvalue weighted by Crippen LogP contribution is -2.10. The fourth-order valence-corrected chi connectivity index (χ4v) is 1.34. The Bertz CT molecular complexity index is 584. The highest BCUT2D eigenvalue weighted by molar-refractivity contribution is 5.68. The van der Waals surface area contributed by atoms with E-state index in [1.807, 2.05) is 0 Å². The van der Waals surface area contributed by atoms with E-state index in [2.05, 4.69) is 15.1 Å². The molecule has 0 radical (unpaired) electrons. The van der Waals surface area contributed by atoms with Gasteiger partial charge in [-0.3, -0.25) is 0 Å². The minimum absolute atomic E-state index is 0.0767. The smallest absolute Gasteiger partial charge is 0.341 e. The maximum Gasteiger partial charge on any atom is 0.341 e. The first-order chi connectivity index (χ1) is 8.56. The zero-order valence-corrected chi connectivity index (χ0v) is 9.37. The minimum Gasteiger partial charge on any atom is -0.479 e. The van der Waals surface area contributed by atoms with Gasteiger partial charge in [0.1, 0.15) is 0 Å². The number of rotatable bonds is 4. The van der Waals surface area contributed by atoms with E-state index in [4.69, 9.17) is 9.84 Å². The number of carbonyl (C=O) groups is 1. The predicted octanol–water partition coefficient (Wildman–Crippen LogP) is 0.480. The Kier molecular flexibility index (Phi) is 3.18. The zero-order valence-electron chi connectivity index (χ0n) is 9.37. The molecule has 0 aromatic carbocycles. The molecule has 0 aliphatic carbocycles. The normalized spacial score (nSPS) is 10.3. The van der Waals surface area contributed by atoms with E-state index in [1.165, 1.54) is 16.9 Å². The van der Waals surface area contributed by atoms with E-state index in [-0.39, 0.29) is 6.01 Å². The summed E-state index contributed by atoms with van der Waals surface area (Å²) in [5.41, 5.74) is 0.475. The summed E-state index contributed by atoms with van der Waals surface area (Å²) in [5.74, 6) is -1.40. The standard InChI is InChI=1S/C10H9FN4O3/c1-15-9(6-2-3-12-7(11)4-6)13-10(14-15)18-5-8(16)17/h2-4H,5H2,1H3,(H,16,17). The summed E-state index contributed by atoms with van der Waals surface area (Å²) in [6, 6.07) is 2.69. The Hall–Kier alpha value is -2.51. The lowest BCUT2D eigenvalue weighted by atomic mass is 10.2. The van der Waals surface area contributed by atoms with Crippen molar-refractivity contribution in [3.63, 3.8) is 0 Å². The van der Waals surface area contributed by atoms with Crippen molar-refractivity contribution in [2.75, 3.05) is 6.61 Å². The van der Waals surface area contributed by atoms with Crippen LogP contribution in [0.3, 0.4) is 0 Å². The van der Waals surface area contributed by atoms with Crippen LogP contribution in [0.15, 0.2) is 18.3 Å². The van der Waals surface area contributed by atoms with Gasteiger partial charge in [-0.25, -0.2) is 14.5 Å². The predicted molar refractivity (Wildman–Crippen MR) is 57.3 cm³/mol. The fraction of sp³-hybridized carbons (Fsp3) is 0.200. The van der Waals surface area contributed by atoms with Crippen LogP contribution in [0.4, 0.5) is 4.39 Å². The maximum absolute atomic E-state index is 13.0. The summed E-state index contributed by atoms with van der Waals surface area (Å²) in [4.78, 5) is 17.7. The van der Waals surface area contributed by atoms with Crippen LogP contribution in [0.2, 0.25) is 0 Å². The molecule has 0 bridgehead atoms. The molecule has 0 aliphatic rings. The third kappa shape index (κ3) is 2.59. The van der Waals surface area contributed by atoms with Crippen molar-refractivity contribution in [2.45, 2.75) is 0 Å². The van der Waals surface area contributed by atoms with Crippen molar-refractivity contribution in [1.29, 1.82) is 0 Å². The molecule has 2 aromatic heterocycles. The van der Waals surface area contributed by atoms with Crippen molar-refractivity contribution < 1.29 is 19.0 Å². The molecule has 2 rings (SSSR count). The summed E-state index contributed by atoms with van der Waals surface area (Å²) in [6.45, 7) is -0.534. The molecular formula is C10H9FN4O3. The molecule has 0 fully saturated rings. The fourth-order valence-electron chi connectivity index (χ4n) is 1.34. The molecule has 8 heteroatoms. The molecule has 0 spiro atoms. The summed E-state index contributed by atoms with van der Waals surface area (Å²) in [5, 5.41) is 12.3. The molecule has 94 valence electrons. The molecule has 2 aromatic rings. The number of carboxylic acids is 1. The van der Waals surface area contributed by atoms with Crippen molar-refractivity contribution >= 4 is 5.97 Å². The molecule has 0 aliphatic heterocycles. The second-order valence-electron chi connectivity index (χ2n) is 3.39. The van der Waals surface area contributed by atoms with E-state index < -0.39 is 18.5 Å². The lowest BCUT2D eigenvalue weighted by Gasteiger charge is -1.98. The monoisotopic (exact) mass is 252 g/mol. The van der Waals surface area contributed by atoms with Gasteiger partial charge < -0.3 is 9.84 Å². The van der Waals surface area contributed by atoms with E-state index in [1.54, 1.807) is 13.1 Å². The third-order valence-electron chi connectivity index (χ3n) is 2.05. The van der Waals surface area contributed by atoms with Crippen molar-refractivity contribution in [2.24, 2.45) is 7.05 Å². The van der Waals surface area contributed by atoms with Gasteiger partial charge in [-0.2, -0.15) is 9.37 Å². The first kappa shape index (κ1) is 12.0. The number of aryl methyl sites for hydroxylation is 1. The Balaban J connectivity index is 2.26. The van der Waals surface area contributed by atoms with E-state index in [0.29, 0.717) is 11.4 Å². The van der Waals surface area contributed by atoms with Gasteiger partial charge in [0.2, 0.25) is 5.95 Å². The summed E-state index contributed by atoms with van der Waals surface area (Å²) >= 11 is 0. The lowest BCUT2D eigenvalue weighted by molar-refractivity contribution is -0.139. The summed E-state index contributed by atoms with van der Waals surface area (Å²) in [7, 11) is 1.59. The molecular weight excluding hydrogens is 243 g/mol. The second-order valence-corrected chi connectivity index (χ2v) is 3.39. The molecule has 0 unspecified atom stereocenters. The second kappa shape index (κ2) is 4.78. The zero-order chi connectivity index (χ0) is 13.1. The van der Waals surface area contributed by atoms with Gasteiger partial charge in [-0.15, -0.1) is 5.10 Å². The van der Waals surface area contributed by atoms with Crippen LogP contribution in [-0.2, 0) is 11.8 Å². The molecule has 0 amide bonds. The third-order valence-corrected chi connectivity index (χ3v) is 2.05. The van der Waals surface area contributed by atoms with Crippen LogP contribution in [0.5, 0.6) is 6.01 Å². The number of carboxylic acid groups (broad SMARTS) is 1. The number of aromatic nitrogens is 4. The van der Waals surface area contributed by atoms with Crippen LogP contribution in [0.25, 0.3) is 11.4 Å². The highest BCUT2D eigenvalue weighted by Gasteiger charge is 2.12. The van der Waals surface area contributed by atoms with Gasteiger partial charge in [0.05, 0.1) is 0 Å². The highest BCUT2D eigenvalue weighted by atomic mass is 19.1. The van der Waals surface area contributed by atoms with Gasteiger partial charge >= 0.3 is 12.0 Å². The molecule has 7 nitrogen and oxygen atoms in total. The van der Waals surface area contributed by atoms with Gasteiger partial charge in [-0.1, -0.05) is 0 Å². The van der Waals surface area contributed by atoms with Crippen molar-refractivity contribution in [3.8, 4) is 17.4 Å². The maximum atomic E-state index is 13.0. The SMILES string of the molecule is Cn1nc(OCC(=O)O)nc1-c1ccnc(F)c1. The van der Waals surface area contributed by atoms with Crippen LogP contribution >= 0.6 is 0 Å².